The zero-order chi connectivity index (χ0) is 12.5. The second kappa shape index (κ2) is 5.17. The molecule has 0 aliphatic carbocycles. The number of hydrogen-bond acceptors (Lipinski definition) is 3. The van der Waals surface area contributed by atoms with Gasteiger partial charge in [0.1, 0.15) is 0 Å². The average molecular weight is 351 g/mol. The molecule has 0 bridgehead atoms. The zero-order valence-electron chi connectivity index (χ0n) is 10.9. The second-order valence-electron chi connectivity index (χ2n) is 5.01. The summed E-state index contributed by atoms with van der Waals surface area (Å²) in [5, 5.41) is 6.18. The first-order valence-corrected chi connectivity index (χ1v) is 13.6. The van der Waals surface area contributed by atoms with Crippen LogP contribution < -0.4 is 3.71 Å². The Morgan fingerprint density at radius 2 is 2.11 bits per heavy atom. The van der Waals surface area contributed by atoms with Gasteiger partial charge in [0.2, 0.25) is 0 Å². The number of pyridine rings is 1. The maximum absolute atomic E-state index is 5.44. The monoisotopic (exact) mass is 352 g/mol. The molecule has 1 fully saturated rings. The SMILES string of the molecule is [CH3][Sn]([CH3])[c]1nn(C2CCOCC2)c2ncccc12. The molecule has 1 saturated heterocycles. The van der Waals surface area contributed by atoms with Crippen molar-refractivity contribution in [2.75, 3.05) is 13.2 Å². The van der Waals surface area contributed by atoms with Crippen LogP contribution in [0.15, 0.2) is 18.3 Å². The summed E-state index contributed by atoms with van der Waals surface area (Å²) in [5.41, 5.74) is 1.07. The summed E-state index contributed by atoms with van der Waals surface area (Å²) < 4.78 is 8.96. The molecule has 3 rings (SSSR count). The second-order valence-corrected chi connectivity index (χ2v) is 12.1. The molecule has 1 aliphatic rings. The number of rotatable bonds is 2. The molecule has 0 atom stereocenters. The van der Waals surface area contributed by atoms with Crippen LogP contribution in [-0.2, 0) is 4.74 Å². The van der Waals surface area contributed by atoms with E-state index < -0.39 is 19.8 Å². The number of aromatic nitrogens is 3. The summed E-state index contributed by atoms with van der Waals surface area (Å²) in [7, 11) is 0. The number of fused-ring (bicyclic) bond motifs is 1. The van der Waals surface area contributed by atoms with Gasteiger partial charge in [-0.05, 0) is 0 Å². The van der Waals surface area contributed by atoms with E-state index in [4.69, 9.17) is 9.84 Å². The average Bonchev–Trinajstić information content (AvgIpc) is 2.79. The van der Waals surface area contributed by atoms with Crippen molar-refractivity contribution in [1.29, 1.82) is 0 Å². The number of hydrogen-bond donors (Lipinski definition) is 0. The van der Waals surface area contributed by atoms with Crippen LogP contribution in [0.4, 0.5) is 0 Å². The van der Waals surface area contributed by atoms with Crippen LogP contribution in [0.2, 0.25) is 9.88 Å². The molecule has 0 spiro atoms. The van der Waals surface area contributed by atoms with Crippen molar-refractivity contribution < 1.29 is 4.74 Å². The molecule has 0 saturated carbocycles. The predicted molar refractivity (Wildman–Crippen MR) is 73.7 cm³/mol. The normalized spacial score (nSPS) is 17.7. The molecule has 0 unspecified atom stereocenters. The van der Waals surface area contributed by atoms with E-state index >= 15 is 0 Å². The van der Waals surface area contributed by atoms with Crippen molar-refractivity contribution in [3.63, 3.8) is 0 Å². The van der Waals surface area contributed by atoms with Crippen molar-refractivity contribution >= 4 is 34.5 Å². The molecule has 2 aromatic rings. The third-order valence-electron chi connectivity index (χ3n) is 3.48. The molecular formula is C13H18N3OSn. The van der Waals surface area contributed by atoms with Gasteiger partial charge in [0.25, 0.3) is 0 Å². The number of ether oxygens (including phenoxy) is 1. The fourth-order valence-electron chi connectivity index (χ4n) is 2.53. The third-order valence-corrected chi connectivity index (χ3v) is 7.23. The minimum atomic E-state index is -1.47. The summed E-state index contributed by atoms with van der Waals surface area (Å²) in [4.78, 5) is 9.31. The van der Waals surface area contributed by atoms with Gasteiger partial charge in [-0.25, -0.2) is 0 Å². The van der Waals surface area contributed by atoms with Crippen LogP contribution in [0.25, 0.3) is 11.0 Å². The fraction of sp³-hybridized carbons (Fsp3) is 0.538. The molecule has 2 aromatic heterocycles. The molecule has 95 valence electrons. The van der Waals surface area contributed by atoms with E-state index in [0.29, 0.717) is 6.04 Å². The first-order valence-electron chi connectivity index (χ1n) is 6.49. The van der Waals surface area contributed by atoms with E-state index in [-0.39, 0.29) is 0 Å². The van der Waals surface area contributed by atoms with Crippen LogP contribution >= 0.6 is 0 Å². The molecule has 1 aliphatic heterocycles. The molecule has 18 heavy (non-hydrogen) atoms. The van der Waals surface area contributed by atoms with Crippen LogP contribution in [0.3, 0.4) is 0 Å². The van der Waals surface area contributed by atoms with Crippen molar-refractivity contribution in [2.24, 2.45) is 0 Å². The molecule has 1 radical (unpaired) electrons. The van der Waals surface area contributed by atoms with E-state index in [2.05, 4.69) is 25.6 Å². The van der Waals surface area contributed by atoms with Gasteiger partial charge in [-0.1, -0.05) is 0 Å². The molecule has 0 aromatic carbocycles. The van der Waals surface area contributed by atoms with Gasteiger partial charge >= 0.3 is 114 Å². The van der Waals surface area contributed by atoms with Crippen LogP contribution in [0.1, 0.15) is 18.9 Å². The molecular weight excluding hydrogens is 333 g/mol. The minimum absolute atomic E-state index is 0.465. The van der Waals surface area contributed by atoms with Crippen LogP contribution in [0.5, 0.6) is 0 Å². The van der Waals surface area contributed by atoms with Crippen molar-refractivity contribution in [3.05, 3.63) is 18.3 Å². The van der Waals surface area contributed by atoms with Gasteiger partial charge in [-0.15, -0.1) is 0 Å². The summed E-state index contributed by atoms with van der Waals surface area (Å²) in [6.45, 7) is 1.69. The topological polar surface area (TPSA) is 39.9 Å². The van der Waals surface area contributed by atoms with Gasteiger partial charge in [-0.2, -0.15) is 0 Å². The Hall–Kier alpha value is -0.621. The van der Waals surface area contributed by atoms with Crippen molar-refractivity contribution in [2.45, 2.75) is 28.8 Å². The van der Waals surface area contributed by atoms with E-state index in [0.717, 1.165) is 31.7 Å². The summed E-state index contributed by atoms with van der Waals surface area (Å²) >= 11 is -1.47. The van der Waals surface area contributed by atoms with Gasteiger partial charge < -0.3 is 0 Å². The van der Waals surface area contributed by atoms with Gasteiger partial charge in [0.05, 0.1) is 0 Å². The summed E-state index contributed by atoms with van der Waals surface area (Å²) in [5.74, 6) is 0. The molecule has 3 heterocycles. The van der Waals surface area contributed by atoms with E-state index in [1.165, 1.54) is 9.10 Å². The Kier molecular flexibility index (Phi) is 3.56. The predicted octanol–water partition coefficient (Wildman–Crippen LogP) is 1.74. The van der Waals surface area contributed by atoms with E-state index in [1.54, 1.807) is 0 Å². The Bertz CT molecular complexity index is 546. The van der Waals surface area contributed by atoms with E-state index in [1.807, 2.05) is 12.3 Å². The Morgan fingerprint density at radius 1 is 1.33 bits per heavy atom. The Labute approximate surface area is 114 Å². The van der Waals surface area contributed by atoms with Gasteiger partial charge in [0.15, 0.2) is 0 Å². The summed E-state index contributed by atoms with van der Waals surface area (Å²) in [6, 6.07) is 4.66. The third kappa shape index (κ3) is 2.16. The number of nitrogens with zero attached hydrogens (tertiary/aromatic N) is 3. The van der Waals surface area contributed by atoms with Gasteiger partial charge in [0, 0.05) is 0 Å². The van der Waals surface area contributed by atoms with Crippen molar-refractivity contribution in [3.8, 4) is 0 Å². The zero-order valence-corrected chi connectivity index (χ0v) is 13.7. The summed E-state index contributed by atoms with van der Waals surface area (Å²) in [6.07, 6.45) is 3.98. The van der Waals surface area contributed by atoms with Gasteiger partial charge in [-0.3, -0.25) is 0 Å². The van der Waals surface area contributed by atoms with Crippen molar-refractivity contribution in [1.82, 2.24) is 14.8 Å². The maximum atomic E-state index is 5.44. The fourth-order valence-corrected chi connectivity index (χ4v) is 5.50. The first-order chi connectivity index (χ1) is 8.77. The molecule has 5 heteroatoms. The standard InChI is InChI=1S/C11H12N3O.2CH3.Sn/c1-2-9-8-13-14(11(9)12-5-1)10-3-6-15-7-4-10;;;/h1-2,5,10H,3-4,6-7H2;2*1H3;. The Morgan fingerprint density at radius 3 is 2.83 bits per heavy atom. The molecule has 0 N–H and O–H groups in total. The molecule has 4 nitrogen and oxygen atoms in total. The van der Waals surface area contributed by atoms with E-state index in [9.17, 15) is 0 Å². The van der Waals surface area contributed by atoms with Crippen LogP contribution in [-0.4, -0.2) is 47.7 Å². The molecule has 0 amide bonds. The quantitative estimate of drug-likeness (QED) is 0.774. The Balaban J connectivity index is 2.10. The van der Waals surface area contributed by atoms with Crippen LogP contribution in [0, 0.1) is 0 Å². The first kappa shape index (κ1) is 12.4.